The second-order valence-corrected chi connectivity index (χ2v) is 4.27. The molecule has 0 spiro atoms. The van der Waals surface area contributed by atoms with Crippen LogP contribution in [0.5, 0.6) is 0 Å². The number of aromatic nitrogens is 2. The number of carbonyl (C=O) groups is 2. The molecule has 0 unspecified atom stereocenters. The zero-order chi connectivity index (χ0) is 15.4. The first-order valence-corrected chi connectivity index (χ1v) is 5.93. The Balaban J connectivity index is 2.14. The average Bonchev–Trinajstić information content (AvgIpc) is 2.93. The first kappa shape index (κ1) is 14.6. The highest BCUT2D eigenvalue weighted by Gasteiger charge is 2.23. The lowest BCUT2D eigenvalue weighted by Gasteiger charge is -2.14. The number of benzene rings is 1. The van der Waals surface area contributed by atoms with Crippen LogP contribution < -0.4 is 5.32 Å². The van der Waals surface area contributed by atoms with E-state index in [9.17, 15) is 18.4 Å². The molecular weight excluding hydrogens is 284 g/mol. The van der Waals surface area contributed by atoms with E-state index in [1.807, 2.05) is 0 Å². The van der Waals surface area contributed by atoms with E-state index in [4.69, 9.17) is 5.11 Å². The number of amides is 1. The third-order valence-electron chi connectivity index (χ3n) is 2.76. The maximum Gasteiger partial charge on any atom is 0.326 e. The fourth-order valence-corrected chi connectivity index (χ4v) is 1.72. The van der Waals surface area contributed by atoms with Crippen LogP contribution in [0, 0.1) is 11.6 Å². The Kier molecular flexibility index (Phi) is 4.27. The van der Waals surface area contributed by atoms with Crippen LogP contribution in [0.15, 0.2) is 30.7 Å². The standard InChI is InChI=1S/C13H11F2N3O3/c14-7-1-2-10(15)9(3-7)12(19)18-11(13(20)21)4-8-5-16-6-17-8/h1-3,5-6,11H,4H2,(H,16,17)(H,18,19)(H,20,21)/t11-/m1/s1. The van der Waals surface area contributed by atoms with Crippen LogP contribution in [0.3, 0.4) is 0 Å². The van der Waals surface area contributed by atoms with Gasteiger partial charge in [0, 0.05) is 18.3 Å². The van der Waals surface area contributed by atoms with Gasteiger partial charge in [0.25, 0.3) is 5.91 Å². The van der Waals surface area contributed by atoms with Gasteiger partial charge in [-0.1, -0.05) is 0 Å². The third kappa shape index (κ3) is 3.62. The summed E-state index contributed by atoms with van der Waals surface area (Å²) in [5.74, 6) is -4.02. The number of aliphatic carboxylic acids is 1. The summed E-state index contributed by atoms with van der Waals surface area (Å²) >= 11 is 0. The molecule has 0 saturated carbocycles. The van der Waals surface area contributed by atoms with Crippen molar-refractivity contribution in [1.29, 1.82) is 0 Å². The minimum atomic E-state index is -1.30. The number of nitrogens with one attached hydrogen (secondary N) is 2. The number of halogens is 2. The molecular formula is C13H11F2N3O3. The van der Waals surface area contributed by atoms with E-state index in [1.54, 1.807) is 0 Å². The summed E-state index contributed by atoms with van der Waals surface area (Å²) in [5, 5.41) is 11.2. The predicted molar refractivity (Wildman–Crippen MR) is 67.5 cm³/mol. The number of nitrogens with zero attached hydrogens (tertiary/aromatic N) is 1. The number of imidazole rings is 1. The Bertz CT molecular complexity index is 659. The van der Waals surface area contributed by atoms with E-state index in [2.05, 4.69) is 15.3 Å². The van der Waals surface area contributed by atoms with Crippen molar-refractivity contribution in [3.8, 4) is 0 Å². The SMILES string of the molecule is O=C(N[C@H](Cc1cnc[nH]1)C(=O)O)c1cc(F)ccc1F. The van der Waals surface area contributed by atoms with Gasteiger partial charge < -0.3 is 15.4 Å². The van der Waals surface area contributed by atoms with Crippen LogP contribution in [0.1, 0.15) is 16.1 Å². The highest BCUT2D eigenvalue weighted by atomic mass is 19.1. The zero-order valence-electron chi connectivity index (χ0n) is 10.6. The molecule has 3 N–H and O–H groups in total. The van der Waals surface area contributed by atoms with Crippen molar-refractivity contribution in [2.24, 2.45) is 0 Å². The summed E-state index contributed by atoms with van der Waals surface area (Å²) in [5.41, 5.74) is -0.0618. The van der Waals surface area contributed by atoms with Gasteiger partial charge in [0.2, 0.25) is 0 Å². The molecule has 0 aliphatic heterocycles. The summed E-state index contributed by atoms with van der Waals surface area (Å²) < 4.78 is 26.5. The maximum absolute atomic E-state index is 13.5. The number of H-pyrrole nitrogens is 1. The molecule has 8 heteroatoms. The van der Waals surface area contributed by atoms with Crippen molar-refractivity contribution in [3.05, 3.63) is 53.6 Å². The largest absolute Gasteiger partial charge is 0.480 e. The topological polar surface area (TPSA) is 95.1 Å². The van der Waals surface area contributed by atoms with Gasteiger partial charge in [0.15, 0.2) is 0 Å². The highest BCUT2D eigenvalue weighted by Crippen LogP contribution is 2.10. The van der Waals surface area contributed by atoms with Crippen LogP contribution >= 0.6 is 0 Å². The van der Waals surface area contributed by atoms with E-state index in [1.165, 1.54) is 12.5 Å². The molecule has 6 nitrogen and oxygen atoms in total. The summed E-state index contributed by atoms with van der Waals surface area (Å²) in [6.45, 7) is 0. The summed E-state index contributed by atoms with van der Waals surface area (Å²) in [6.07, 6.45) is 2.71. The molecule has 0 bridgehead atoms. The van der Waals surface area contributed by atoms with Gasteiger partial charge in [-0.15, -0.1) is 0 Å². The maximum atomic E-state index is 13.5. The van der Waals surface area contributed by atoms with Gasteiger partial charge in [0.05, 0.1) is 11.9 Å². The fraction of sp³-hybridized carbons (Fsp3) is 0.154. The second kappa shape index (κ2) is 6.12. The van der Waals surface area contributed by atoms with Gasteiger partial charge in [-0.25, -0.2) is 18.6 Å². The first-order chi connectivity index (χ1) is 9.97. The molecule has 1 amide bonds. The zero-order valence-corrected chi connectivity index (χ0v) is 10.6. The molecule has 1 atom stereocenters. The number of hydrogen-bond donors (Lipinski definition) is 3. The Morgan fingerprint density at radius 3 is 2.76 bits per heavy atom. The number of carboxylic acids is 1. The molecule has 1 aromatic heterocycles. The average molecular weight is 295 g/mol. The van der Waals surface area contributed by atoms with E-state index in [0.717, 1.165) is 12.1 Å². The van der Waals surface area contributed by atoms with Crippen LogP contribution in [-0.4, -0.2) is 33.0 Å². The lowest BCUT2D eigenvalue weighted by atomic mass is 10.1. The van der Waals surface area contributed by atoms with Crippen molar-refractivity contribution in [1.82, 2.24) is 15.3 Å². The quantitative estimate of drug-likeness (QED) is 0.770. The lowest BCUT2D eigenvalue weighted by Crippen LogP contribution is -2.42. The van der Waals surface area contributed by atoms with Crippen molar-refractivity contribution in [2.75, 3.05) is 0 Å². The Hall–Kier alpha value is -2.77. The van der Waals surface area contributed by atoms with E-state index in [0.29, 0.717) is 11.8 Å². The molecule has 21 heavy (non-hydrogen) atoms. The van der Waals surface area contributed by atoms with Crippen LogP contribution in [0.25, 0.3) is 0 Å². The molecule has 1 heterocycles. The van der Waals surface area contributed by atoms with Gasteiger partial charge >= 0.3 is 5.97 Å². The normalized spacial score (nSPS) is 11.9. The fourth-order valence-electron chi connectivity index (χ4n) is 1.72. The van der Waals surface area contributed by atoms with Gasteiger partial charge in [-0.2, -0.15) is 0 Å². The van der Waals surface area contributed by atoms with Crippen molar-refractivity contribution in [2.45, 2.75) is 12.5 Å². The summed E-state index contributed by atoms with van der Waals surface area (Å²) in [6, 6.07) is 1.08. The molecule has 110 valence electrons. The minimum Gasteiger partial charge on any atom is -0.480 e. The number of rotatable bonds is 5. The number of aromatic amines is 1. The lowest BCUT2D eigenvalue weighted by molar-refractivity contribution is -0.139. The Morgan fingerprint density at radius 1 is 1.38 bits per heavy atom. The molecule has 0 aliphatic carbocycles. The van der Waals surface area contributed by atoms with Crippen LogP contribution in [0.4, 0.5) is 8.78 Å². The van der Waals surface area contributed by atoms with Crippen molar-refractivity contribution in [3.63, 3.8) is 0 Å². The van der Waals surface area contributed by atoms with E-state index >= 15 is 0 Å². The molecule has 2 rings (SSSR count). The Labute approximate surface area is 117 Å². The minimum absolute atomic E-state index is 0.0575. The number of carboxylic acid groups (broad SMARTS) is 1. The highest BCUT2D eigenvalue weighted by molar-refractivity contribution is 5.96. The number of carbonyl (C=O) groups excluding carboxylic acids is 1. The van der Waals surface area contributed by atoms with E-state index < -0.39 is 35.1 Å². The smallest absolute Gasteiger partial charge is 0.326 e. The first-order valence-electron chi connectivity index (χ1n) is 5.93. The van der Waals surface area contributed by atoms with Gasteiger partial charge in [-0.05, 0) is 18.2 Å². The van der Waals surface area contributed by atoms with E-state index in [-0.39, 0.29) is 6.42 Å². The molecule has 0 fully saturated rings. The van der Waals surface area contributed by atoms with Crippen LogP contribution in [0.2, 0.25) is 0 Å². The summed E-state index contributed by atoms with van der Waals surface area (Å²) in [4.78, 5) is 29.4. The Morgan fingerprint density at radius 2 is 2.14 bits per heavy atom. The third-order valence-corrected chi connectivity index (χ3v) is 2.76. The summed E-state index contributed by atoms with van der Waals surface area (Å²) in [7, 11) is 0. The second-order valence-electron chi connectivity index (χ2n) is 4.27. The van der Waals surface area contributed by atoms with Crippen molar-refractivity contribution < 1.29 is 23.5 Å². The molecule has 0 saturated heterocycles. The van der Waals surface area contributed by atoms with Crippen molar-refractivity contribution >= 4 is 11.9 Å². The molecule has 0 radical (unpaired) electrons. The van der Waals surface area contributed by atoms with Gasteiger partial charge in [-0.3, -0.25) is 4.79 Å². The molecule has 2 aromatic rings. The van der Waals surface area contributed by atoms with Gasteiger partial charge in [0.1, 0.15) is 17.7 Å². The van der Waals surface area contributed by atoms with Crippen LogP contribution in [-0.2, 0) is 11.2 Å². The molecule has 0 aliphatic rings. The molecule has 1 aromatic carbocycles. The monoisotopic (exact) mass is 295 g/mol. The number of hydrogen-bond acceptors (Lipinski definition) is 3. The predicted octanol–water partition coefficient (Wildman–Crippen LogP) is 1.11.